The number of thiazole rings is 1. The largest absolute Gasteiger partial charge is 0.465 e. The van der Waals surface area contributed by atoms with E-state index in [1.54, 1.807) is 6.92 Å². The number of carbonyl (C=O) groups excluding carboxylic acids is 1. The van der Waals surface area contributed by atoms with Gasteiger partial charge in [-0.25, -0.2) is 4.98 Å². The Balaban J connectivity index is 2.16. The molecule has 1 aromatic carbocycles. The van der Waals surface area contributed by atoms with Crippen molar-refractivity contribution in [1.82, 2.24) is 4.98 Å². The maximum absolute atomic E-state index is 12.0. The van der Waals surface area contributed by atoms with Crippen molar-refractivity contribution in [3.05, 3.63) is 40.9 Å². The molecule has 0 spiro atoms. The molecule has 5 heteroatoms. The summed E-state index contributed by atoms with van der Waals surface area (Å²) in [6.45, 7) is 7.88. The zero-order valence-corrected chi connectivity index (χ0v) is 13.6. The van der Waals surface area contributed by atoms with Crippen LogP contribution in [0.1, 0.15) is 32.0 Å². The number of ether oxygens (including phenoxy) is 1. The molecule has 4 nitrogen and oxygen atoms in total. The Morgan fingerprint density at radius 1 is 1.43 bits per heavy atom. The zero-order valence-electron chi connectivity index (χ0n) is 12.8. The molecule has 0 aliphatic rings. The first-order valence-corrected chi connectivity index (χ1v) is 7.78. The molecule has 21 heavy (non-hydrogen) atoms. The summed E-state index contributed by atoms with van der Waals surface area (Å²) in [5.74, 6) is -0.252. The summed E-state index contributed by atoms with van der Waals surface area (Å²) in [6.07, 6.45) is 0. The number of nitrogens with zero attached hydrogens (tertiary/aromatic N) is 1. The Morgan fingerprint density at radius 3 is 2.86 bits per heavy atom. The van der Waals surface area contributed by atoms with E-state index in [-0.39, 0.29) is 5.97 Å². The van der Waals surface area contributed by atoms with E-state index in [9.17, 15) is 4.79 Å². The summed E-state index contributed by atoms with van der Waals surface area (Å²) < 4.78 is 5.11. The molecule has 0 fully saturated rings. The van der Waals surface area contributed by atoms with Gasteiger partial charge in [-0.15, -0.1) is 11.3 Å². The van der Waals surface area contributed by atoms with Gasteiger partial charge in [0, 0.05) is 11.1 Å². The van der Waals surface area contributed by atoms with Gasteiger partial charge in [0.1, 0.15) is 5.41 Å². The van der Waals surface area contributed by atoms with Gasteiger partial charge in [-0.3, -0.25) is 4.79 Å². The molecule has 0 saturated heterocycles. The molecule has 0 aliphatic carbocycles. The molecule has 0 amide bonds. The van der Waals surface area contributed by atoms with E-state index in [1.807, 2.05) is 44.4 Å². The third kappa shape index (κ3) is 3.61. The van der Waals surface area contributed by atoms with Gasteiger partial charge < -0.3 is 10.1 Å². The van der Waals surface area contributed by atoms with Crippen LogP contribution in [-0.4, -0.2) is 17.6 Å². The number of rotatable bonds is 5. The van der Waals surface area contributed by atoms with Gasteiger partial charge in [0.2, 0.25) is 0 Å². The lowest BCUT2D eigenvalue weighted by Gasteiger charge is -2.19. The van der Waals surface area contributed by atoms with Crippen LogP contribution in [0.2, 0.25) is 0 Å². The topological polar surface area (TPSA) is 51.2 Å². The van der Waals surface area contributed by atoms with Crippen LogP contribution >= 0.6 is 11.3 Å². The van der Waals surface area contributed by atoms with Crippen molar-refractivity contribution >= 4 is 28.1 Å². The molecule has 1 heterocycles. The second-order valence-corrected chi connectivity index (χ2v) is 6.24. The van der Waals surface area contributed by atoms with Gasteiger partial charge in [0.05, 0.1) is 12.3 Å². The van der Waals surface area contributed by atoms with E-state index < -0.39 is 5.41 Å². The van der Waals surface area contributed by atoms with Crippen LogP contribution in [0.25, 0.3) is 0 Å². The number of hydrogen-bond acceptors (Lipinski definition) is 5. The highest BCUT2D eigenvalue weighted by Gasteiger charge is 2.33. The van der Waals surface area contributed by atoms with E-state index in [1.165, 1.54) is 16.9 Å². The van der Waals surface area contributed by atoms with Crippen LogP contribution < -0.4 is 5.32 Å². The summed E-state index contributed by atoms with van der Waals surface area (Å²) in [7, 11) is 0. The van der Waals surface area contributed by atoms with Crippen molar-refractivity contribution in [2.75, 3.05) is 11.9 Å². The third-order valence-electron chi connectivity index (χ3n) is 3.20. The molecule has 2 rings (SSSR count). The SMILES string of the molecule is CCOC(=O)C(C)(C)c1csc(Nc2cccc(C)c2)n1. The predicted octanol–water partition coefficient (Wildman–Crippen LogP) is 4.04. The maximum atomic E-state index is 12.0. The van der Waals surface area contributed by atoms with Crippen molar-refractivity contribution in [2.24, 2.45) is 0 Å². The highest BCUT2D eigenvalue weighted by molar-refractivity contribution is 7.13. The Morgan fingerprint density at radius 2 is 2.19 bits per heavy atom. The first kappa shape index (κ1) is 15.5. The van der Waals surface area contributed by atoms with E-state index >= 15 is 0 Å². The van der Waals surface area contributed by atoms with Gasteiger partial charge in [0.25, 0.3) is 0 Å². The summed E-state index contributed by atoms with van der Waals surface area (Å²) in [6, 6.07) is 8.08. The lowest BCUT2D eigenvalue weighted by Crippen LogP contribution is -2.31. The first-order chi connectivity index (χ1) is 9.93. The summed E-state index contributed by atoms with van der Waals surface area (Å²) in [4.78, 5) is 16.5. The molecule has 2 aromatic rings. The fraction of sp³-hybridized carbons (Fsp3) is 0.375. The molecule has 0 atom stereocenters. The molecule has 112 valence electrons. The average Bonchev–Trinajstić information content (AvgIpc) is 2.88. The first-order valence-electron chi connectivity index (χ1n) is 6.90. The molecule has 1 N–H and O–H groups in total. The van der Waals surface area contributed by atoms with Crippen molar-refractivity contribution in [1.29, 1.82) is 0 Å². The maximum Gasteiger partial charge on any atom is 0.317 e. The Labute approximate surface area is 129 Å². The number of hydrogen-bond donors (Lipinski definition) is 1. The Kier molecular flexibility index (Phi) is 4.63. The molecule has 0 radical (unpaired) electrons. The van der Waals surface area contributed by atoms with Crippen LogP contribution in [0.15, 0.2) is 29.6 Å². The molecular formula is C16H20N2O2S. The number of aryl methyl sites for hydroxylation is 1. The minimum absolute atomic E-state index is 0.252. The molecule has 1 aromatic heterocycles. The van der Waals surface area contributed by atoms with Crippen molar-refractivity contribution in [3.8, 4) is 0 Å². The predicted molar refractivity (Wildman–Crippen MR) is 86.2 cm³/mol. The second-order valence-electron chi connectivity index (χ2n) is 5.38. The monoisotopic (exact) mass is 304 g/mol. The quantitative estimate of drug-likeness (QED) is 0.847. The van der Waals surface area contributed by atoms with E-state index in [4.69, 9.17) is 4.74 Å². The average molecular weight is 304 g/mol. The third-order valence-corrected chi connectivity index (χ3v) is 3.96. The normalized spacial score (nSPS) is 11.2. The zero-order chi connectivity index (χ0) is 15.5. The molecule has 0 saturated carbocycles. The van der Waals surface area contributed by atoms with Crippen LogP contribution in [0.3, 0.4) is 0 Å². The lowest BCUT2D eigenvalue weighted by atomic mass is 9.90. The molecule has 0 aliphatic heterocycles. The van der Waals surface area contributed by atoms with E-state index in [2.05, 4.69) is 16.4 Å². The van der Waals surface area contributed by atoms with Crippen LogP contribution in [0.4, 0.5) is 10.8 Å². The highest BCUT2D eigenvalue weighted by atomic mass is 32.1. The Bertz CT molecular complexity index is 635. The number of esters is 1. The van der Waals surface area contributed by atoms with Gasteiger partial charge in [-0.1, -0.05) is 12.1 Å². The minimum Gasteiger partial charge on any atom is -0.465 e. The summed E-state index contributed by atoms with van der Waals surface area (Å²) >= 11 is 1.48. The van der Waals surface area contributed by atoms with Crippen LogP contribution in [-0.2, 0) is 14.9 Å². The lowest BCUT2D eigenvalue weighted by molar-refractivity contribution is -0.148. The number of aromatic nitrogens is 1. The van der Waals surface area contributed by atoms with Crippen molar-refractivity contribution in [3.63, 3.8) is 0 Å². The summed E-state index contributed by atoms with van der Waals surface area (Å²) in [5.41, 5.74) is 2.16. The van der Waals surface area contributed by atoms with Crippen molar-refractivity contribution < 1.29 is 9.53 Å². The second kappa shape index (κ2) is 6.26. The van der Waals surface area contributed by atoms with Gasteiger partial charge in [-0.2, -0.15) is 0 Å². The van der Waals surface area contributed by atoms with Gasteiger partial charge in [0.15, 0.2) is 5.13 Å². The Hall–Kier alpha value is -1.88. The van der Waals surface area contributed by atoms with Crippen LogP contribution in [0, 0.1) is 6.92 Å². The van der Waals surface area contributed by atoms with Crippen molar-refractivity contribution in [2.45, 2.75) is 33.1 Å². The van der Waals surface area contributed by atoms with Gasteiger partial charge >= 0.3 is 5.97 Å². The van der Waals surface area contributed by atoms with E-state index in [0.717, 1.165) is 16.5 Å². The standard InChI is InChI=1S/C16H20N2O2S/c1-5-20-14(19)16(3,4)13-10-21-15(18-13)17-12-8-6-7-11(2)9-12/h6-10H,5H2,1-4H3,(H,17,18). The van der Waals surface area contributed by atoms with E-state index in [0.29, 0.717) is 6.61 Å². The highest BCUT2D eigenvalue weighted by Crippen LogP contribution is 2.29. The number of nitrogens with one attached hydrogen (secondary N) is 1. The van der Waals surface area contributed by atoms with Crippen LogP contribution in [0.5, 0.6) is 0 Å². The molecule has 0 bridgehead atoms. The molecule has 0 unspecified atom stereocenters. The minimum atomic E-state index is -0.737. The number of anilines is 2. The number of benzene rings is 1. The number of carbonyl (C=O) groups is 1. The fourth-order valence-electron chi connectivity index (χ4n) is 1.88. The molecular weight excluding hydrogens is 284 g/mol. The smallest absolute Gasteiger partial charge is 0.317 e. The summed E-state index contributed by atoms with van der Waals surface area (Å²) in [5, 5.41) is 5.93. The fourth-order valence-corrected chi connectivity index (χ4v) is 2.78. The van der Waals surface area contributed by atoms with Gasteiger partial charge in [-0.05, 0) is 45.4 Å².